The maximum absolute atomic E-state index is 11.1. The summed E-state index contributed by atoms with van der Waals surface area (Å²) in [5.74, 6) is 0. The molecule has 0 spiro atoms. The average Bonchev–Trinajstić information content (AvgIpc) is 2.97. The highest BCUT2D eigenvalue weighted by Crippen LogP contribution is 2.40. The molecule has 0 aliphatic heterocycles. The number of benzene rings is 1. The molecule has 2 aromatic heterocycles. The Kier molecular flexibility index (Phi) is 5.14. The van der Waals surface area contributed by atoms with Crippen LogP contribution in [0.2, 0.25) is 10.2 Å². The largest absolute Gasteiger partial charge is 0.383 e. The van der Waals surface area contributed by atoms with Crippen LogP contribution < -0.4 is 0 Å². The third kappa shape index (κ3) is 3.57. The van der Waals surface area contributed by atoms with Crippen molar-refractivity contribution < 1.29 is 10.2 Å². The number of aryl methyl sites for hydroxylation is 1. The maximum Gasteiger partial charge on any atom is 0.138 e. The molecule has 0 saturated carbocycles. The van der Waals surface area contributed by atoms with E-state index in [1.54, 1.807) is 31.2 Å². The summed E-state index contributed by atoms with van der Waals surface area (Å²) in [5, 5.41) is 22.5. The second kappa shape index (κ2) is 7.02. The van der Waals surface area contributed by atoms with Gasteiger partial charge in [0.1, 0.15) is 23.2 Å². The van der Waals surface area contributed by atoms with Gasteiger partial charge in [-0.15, -0.1) is 11.3 Å². The Hall–Kier alpha value is -1.50. The Bertz CT molecular complexity index is 912. The van der Waals surface area contributed by atoms with Gasteiger partial charge in [-0.1, -0.05) is 35.3 Å². The van der Waals surface area contributed by atoms with Crippen molar-refractivity contribution in [3.05, 3.63) is 79.5 Å². The Morgan fingerprint density at radius 2 is 2.00 bits per heavy atom. The van der Waals surface area contributed by atoms with E-state index in [1.807, 2.05) is 13.0 Å². The van der Waals surface area contributed by atoms with E-state index in [0.717, 1.165) is 4.88 Å². The lowest BCUT2D eigenvalue weighted by atomic mass is 9.88. The first-order valence-corrected chi connectivity index (χ1v) is 9.10. The number of rotatable bonds is 4. The molecule has 0 aliphatic rings. The molecule has 0 bridgehead atoms. The van der Waals surface area contributed by atoms with Gasteiger partial charge in [-0.3, -0.25) is 0 Å². The molecule has 4 nitrogen and oxygen atoms in total. The molecular formula is C18H16Cl2N2O2S. The molecule has 1 aromatic carbocycles. The van der Waals surface area contributed by atoms with Gasteiger partial charge in [0.15, 0.2) is 0 Å². The predicted molar refractivity (Wildman–Crippen MR) is 100 cm³/mol. The molecule has 3 aromatic rings. The number of aliphatic hydroxyl groups is 2. The van der Waals surface area contributed by atoms with Gasteiger partial charge >= 0.3 is 0 Å². The minimum absolute atomic E-state index is 0.205. The molecule has 2 atom stereocenters. The van der Waals surface area contributed by atoms with Gasteiger partial charge in [0.2, 0.25) is 0 Å². The molecule has 0 aliphatic carbocycles. The van der Waals surface area contributed by atoms with E-state index in [9.17, 15) is 10.2 Å². The van der Waals surface area contributed by atoms with Gasteiger partial charge in [0, 0.05) is 32.1 Å². The number of hydrogen-bond acceptors (Lipinski definition) is 5. The average molecular weight is 395 g/mol. The summed E-state index contributed by atoms with van der Waals surface area (Å²) in [6, 6.07) is 8.89. The summed E-state index contributed by atoms with van der Waals surface area (Å²) in [7, 11) is 0. The first-order valence-electron chi connectivity index (χ1n) is 7.53. The second-order valence-electron chi connectivity index (χ2n) is 5.87. The van der Waals surface area contributed by atoms with Crippen molar-refractivity contribution in [2.75, 3.05) is 0 Å². The molecule has 2 heterocycles. The van der Waals surface area contributed by atoms with Crippen molar-refractivity contribution in [2.24, 2.45) is 0 Å². The number of halogens is 2. The fourth-order valence-electron chi connectivity index (χ4n) is 2.73. The van der Waals surface area contributed by atoms with Crippen LogP contribution in [0.25, 0.3) is 0 Å². The highest BCUT2D eigenvalue weighted by Gasteiger charge is 2.31. The van der Waals surface area contributed by atoms with Crippen LogP contribution in [0.15, 0.2) is 42.9 Å². The van der Waals surface area contributed by atoms with Crippen LogP contribution in [0.4, 0.5) is 0 Å². The Labute approximate surface area is 159 Å². The fraction of sp³-hybridized carbons (Fsp3) is 0.222. The molecule has 0 radical (unpaired) electrons. The molecule has 3 rings (SSSR count). The molecule has 130 valence electrons. The lowest BCUT2D eigenvalue weighted by Gasteiger charge is -2.24. The standard InChI is InChI=1S/C18H16Cl2N2O2S/c1-10-14(18(2,24)11-4-3-5-12(19)6-11)7-15(25-10)16(23)13-8-21-9-22-17(13)20/h3-9,16,23-24H,1-2H3/t16?,18-/m0/s1. The van der Waals surface area contributed by atoms with Crippen LogP contribution in [0.1, 0.15) is 39.5 Å². The summed E-state index contributed by atoms with van der Waals surface area (Å²) < 4.78 is 0. The number of hydrogen-bond donors (Lipinski definition) is 2. The van der Waals surface area contributed by atoms with Crippen LogP contribution in [-0.4, -0.2) is 20.2 Å². The first-order chi connectivity index (χ1) is 11.8. The second-order valence-corrected chi connectivity index (χ2v) is 7.95. The smallest absolute Gasteiger partial charge is 0.138 e. The summed E-state index contributed by atoms with van der Waals surface area (Å²) in [5.41, 5.74) is 0.588. The molecule has 0 fully saturated rings. The predicted octanol–water partition coefficient (Wildman–Crippen LogP) is 4.49. The fourth-order valence-corrected chi connectivity index (χ4v) is 4.25. The highest BCUT2D eigenvalue weighted by molar-refractivity contribution is 7.12. The SMILES string of the molecule is Cc1sc(C(O)c2cncnc2Cl)cc1[C@@](C)(O)c1cccc(Cl)c1. The van der Waals surface area contributed by atoms with E-state index >= 15 is 0 Å². The van der Waals surface area contributed by atoms with E-state index in [0.29, 0.717) is 26.6 Å². The van der Waals surface area contributed by atoms with Crippen molar-refractivity contribution in [3.63, 3.8) is 0 Å². The third-order valence-electron chi connectivity index (χ3n) is 4.10. The van der Waals surface area contributed by atoms with Crippen LogP contribution in [-0.2, 0) is 5.60 Å². The van der Waals surface area contributed by atoms with Crippen LogP contribution in [0, 0.1) is 6.92 Å². The zero-order valence-electron chi connectivity index (χ0n) is 13.6. The molecule has 1 unspecified atom stereocenters. The zero-order valence-corrected chi connectivity index (χ0v) is 15.9. The van der Waals surface area contributed by atoms with Crippen molar-refractivity contribution >= 4 is 34.5 Å². The molecular weight excluding hydrogens is 379 g/mol. The van der Waals surface area contributed by atoms with Gasteiger partial charge in [0.05, 0.1) is 0 Å². The summed E-state index contributed by atoms with van der Waals surface area (Å²) in [6.07, 6.45) is 1.86. The number of thiophene rings is 1. The van der Waals surface area contributed by atoms with Gasteiger partial charge in [-0.05, 0) is 37.6 Å². The molecule has 2 N–H and O–H groups in total. The minimum Gasteiger partial charge on any atom is -0.383 e. The maximum atomic E-state index is 11.1. The third-order valence-corrected chi connectivity index (χ3v) is 5.76. The Morgan fingerprint density at radius 1 is 1.24 bits per heavy atom. The topological polar surface area (TPSA) is 66.2 Å². The van der Waals surface area contributed by atoms with Crippen molar-refractivity contribution in [2.45, 2.75) is 25.6 Å². The van der Waals surface area contributed by atoms with E-state index in [2.05, 4.69) is 9.97 Å². The Balaban J connectivity index is 2.01. The van der Waals surface area contributed by atoms with Crippen LogP contribution >= 0.6 is 34.5 Å². The quantitative estimate of drug-likeness (QED) is 0.639. The van der Waals surface area contributed by atoms with E-state index in [4.69, 9.17) is 23.2 Å². The van der Waals surface area contributed by atoms with Gasteiger partial charge < -0.3 is 10.2 Å². The minimum atomic E-state index is -1.24. The lowest BCUT2D eigenvalue weighted by molar-refractivity contribution is 0.102. The number of aliphatic hydroxyl groups excluding tert-OH is 1. The summed E-state index contributed by atoms with van der Waals surface area (Å²) >= 11 is 13.5. The number of aromatic nitrogens is 2. The van der Waals surface area contributed by atoms with Crippen molar-refractivity contribution in [3.8, 4) is 0 Å². The molecule has 25 heavy (non-hydrogen) atoms. The molecule has 7 heteroatoms. The van der Waals surface area contributed by atoms with Crippen molar-refractivity contribution in [1.29, 1.82) is 0 Å². The normalized spacial score (nSPS) is 15.0. The monoisotopic (exact) mass is 394 g/mol. The van der Waals surface area contributed by atoms with E-state index in [1.165, 1.54) is 23.9 Å². The van der Waals surface area contributed by atoms with Gasteiger partial charge in [0.25, 0.3) is 0 Å². The number of nitrogens with zero attached hydrogens (tertiary/aromatic N) is 2. The van der Waals surface area contributed by atoms with Gasteiger partial charge in [-0.25, -0.2) is 9.97 Å². The van der Waals surface area contributed by atoms with Gasteiger partial charge in [-0.2, -0.15) is 0 Å². The highest BCUT2D eigenvalue weighted by atomic mass is 35.5. The lowest BCUT2D eigenvalue weighted by Crippen LogP contribution is -2.23. The van der Waals surface area contributed by atoms with E-state index < -0.39 is 11.7 Å². The van der Waals surface area contributed by atoms with Crippen molar-refractivity contribution in [1.82, 2.24) is 9.97 Å². The van der Waals surface area contributed by atoms with Crippen LogP contribution in [0.5, 0.6) is 0 Å². The van der Waals surface area contributed by atoms with Crippen LogP contribution in [0.3, 0.4) is 0 Å². The summed E-state index contributed by atoms with van der Waals surface area (Å²) in [6.45, 7) is 3.61. The Morgan fingerprint density at radius 3 is 2.68 bits per heavy atom. The first kappa shape index (κ1) is 18.3. The zero-order chi connectivity index (χ0) is 18.2. The molecule has 0 amide bonds. The van der Waals surface area contributed by atoms with E-state index in [-0.39, 0.29) is 5.15 Å². The molecule has 0 saturated heterocycles. The summed E-state index contributed by atoms with van der Waals surface area (Å²) in [4.78, 5) is 9.36.